The summed E-state index contributed by atoms with van der Waals surface area (Å²) in [6.45, 7) is 7.99. The van der Waals surface area contributed by atoms with E-state index in [1.54, 1.807) is 0 Å². The number of carboxylic acid groups (broad SMARTS) is 1. The van der Waals surface area contributed by atoms with Gasteiger partial charge in [0.2, 0.25) is 5.91 Å². The van der Waals surface area contributed by atoms with Crippen LogP contribution in [0.5, 0.6) is 0 Å². The van der Waals surface area contributed by atoms with E-state index in [1.165, 1.54) is 16.8 Å². The number of hydrogen-bond acceptors (Lipinski definition) is 3. The molecule has 3 amide bonds. The first-order valence-electron chi connectivity index (χ1n) is 7.12. The molecular weight excluding hydrogens is 274 g/mol. The number of urea groups is 1. The van der Waals surface area contributed by atoms with Gasteiger partial charge in [-0.1, -0.05) is 6.92 Å². The van der Waals surface area contributed by atoms with Crippen LogP contribution >= 0.6 is 0 Å². The summed E-state index contributed by atoms with van der Waals surface area (Å²) >= 11 is 0. The van der Waals surface area contributed by atoms with E-state index in [4.69, 9.17) is 5.11 Å². The Morgan fingerprint density at radius 3 is 2.10 bits per heavy atom. The molecule has 7 heteroatoms. The summed E-state index contributed by atoms with van der Waals surface area (Å²) in [6, 6.07) is -0.311. The second kappa shape index (κ2) is 8.49. The van der Waals surface area contributed by atoms with Crippen LogP contribution in [0.15, 0.2) is 0 Å². The van der Waals surface area contributed by atoms with Gasteiger partial charge >= 0.3 is 12.0 Å². The number of nitrogens with zero attached hydrogens (tertiary/aromatic N) is 2. The minimum absolute atomic E-state index is 0.0250. The Hall–Kier alpha value is -1.79. The smallest absolute Gasteiger partial charge is 0.320 e. The topological polar surface area (TPSA) is 90.0 Å². The molecule has 0 saturated heterocycles. The van der Waals surface area contributed by atoms with Gasteiger partial charge in [-0.2, -0.15) is 0 Å². The van der Waals surface area contributed by atoms with E-state index >= 15 is 0 Å². The second-order valence-electron chi connectivity index (χ2n) is 5.84. The molecule has 0 aliphatic rings. The van der Waals surface area contributed by atoms with Crippen molar-refractivity contribution in [2.75, 3.05) is 26.7 Å². The lowest BCUT2D eigenvalue weighted by molar-refractivity contribution is -0.137. The average Bonchev–Trinajstić information content (AvgIpc) is 2.35. The predicted octanol–water partition coefficient (Wildman–Crippen LogP) is 1.14. The van der Waals surface area contributed by atoms with Gasteiger partial charge in [0.15, 0.2) is 0 Å². The summed E-state index contributed by atoms with van der Waals surface area (Å²) < 4.78 is 0. The first-order chi connectivity index (χ1) is 9.63. The molecule has 0 saturated carbocycles. The summed E-state index contributed by atoms with van der Waals surface area (Å²) in [5.41, 5.74) is -0.513. The zero-order valence-electron chi connectivity index (χ0n) is 13.6. The van der Waals surface area contributed by atoms with E-state index in [0.717, 1.165) is 6.42 Å². The molecule has 0 rings (SSSR count). The highest BCUT2D eigenvalue weighted by Crippen LogP contribution is 2.16. The minimum atomic E-state index is -0.953. The molecule has 0 bridgehead atoms. The standard InChI is InChI=1S/C14H27N3O4/c1-6-8-16(10-11(18)15-5)13(21)17(14(2,3)4)9-7-12(19)20/h6-10H2,1-5H3,(H,15,18)(H,19,20). The first-order valence-corrected chi connectivity index (χ1v) is 7.12. The summed E-state index contributed by atoms with van der Waals surface area (Å²) in [5, 5.41) is 11.3. The molecule has 2 N–H and O–H groups in total. The number of hydrogen-bond donors (Lipinski definition) is 2. The Labute approximate surface area is 126 Å². The van der Waals surface area contributed by atoms with Crippen molar-refractivity contribution in [3.05, 3.63) is 0 Å². The molecule has 21 heavy (non-hydrogen) atoms. The highest BCUT2D eigenvalue weighted by Gasteiger charge is 2.30. The lowest BCUT2D eigenvalue weighted by Gasteiger charge is -2.39. The number of rotatable bonds is 7. The van der Waals surface area contributed by atoms with Gasteiger partial charge in [0.1, 0.15) is 6.54 Å². The van der Waals surface area contributed by atoms with Crippen LogP contribution in [-0.2, 0) is 9.59 Å². The number of nitrogens with one attached hydrogen (secondary N) is 1. The SMILES string of the molecule is CCCN(CC(=O)NC)C(=O)N(CCC(=O)O)C(C)(C)C. The van der Waals surface area contributed by atoms with E-state index in [0.29, 0.717) is 6.54 Å². The number of carboxylic acids is 1. The maximum atomic E-state index is 12.6. The molecule has 0 aromatic heterocycles. The molecule has 0 radical (unpaired) electrons. The molecule has 0 aromatic rings. The molecule has 0 aromatic carbocycles. The van der Waals surface area contributed by atoms with Gasteiger partial charge in [0.25, 0.3) is 0 Å². The first kappa shape index (κ1) is 19.2. The Kier molecular flexibility index (Phi) is 7.76. The number of carbonyl (C=O) groups is 3. The number of likely N-dealkylation sites (N-methyl/N-ethyl adjacent to an activating group) is 1. The van der Waals surface area contributed by atoms with Crippen molar-refractivity contribution in [2.45, 2.75) is 46.1 Å². The Bertz CT molecular complexity index is 377. The molecule has 0 unspecified atom stereocenters. The van der Waals surface area contributed by atoms with Gasteiger partial charge in [-0.25, -0.2) is 4.79 Å². The second-order valence-corrected chi connectivity index (χ2v) is 5.84. The highest BCUT2D eigenvalue weighted by molar-refractivity contribution is 5.84. The number of amides is 3. The van der Waals surface area contributed by atoms with E-state index in [9.17, 15) is 14.4 Å². The molecule has 0 fully saturated rings. The van der Waals surface area contributed by atoms with Gasteiger partial charge in [-0.3, -0.25) is 9.59 Å². The summed E-state index contributed by atoms with van der Waals surface area (Å²) in [7, 11) is 1.52. The van der Waals surface area contributed by atoms with Crippen molar-refractivity contribution >= 4 is 17.9 Å². The molecule has 7 nitrogen and oxygen atoms in total. The fraction of sp³-hybridized carbons (Fsp3) is 0.786. The van der Waals surface area contributed by atoms with Gasteiger partial charge in [0, 0.05) is 25.7 Å². The fourth-order valence-corrected chi connectivity index (χ4v) is 1.86. The van der Waals surface area contributed by atoms with Gasteiger partial charge in [-0.15, -0.1) is 0 Å². The van der Waals surface area contributed by atoms with E-state index in [2.05, 4.69) is 5.32 Å². The molecule has 0 aliphatic heterocycles. The highest BCUT2D eigenvalue weighted by atomic mass is 16.4. The Morgan fingerprint density at radius 1 is 1.14 bits per heavy atom. The van der Waals surface area contributed by atoms with Crippen LogP contribution in [0.25, 0.3) is 0 Å². The quantitative estimate of drug-likeness (QED) is 0.738. The minimum Gasteiger partial charge on any atom is -0.481 e. The van der Waals surface area contributed by atoms with Crippen molar-refractivity contribution < 1.29 is 19.5 Å². The van der Waals surface area contributed by atoms with Crippen LogP contribution in [0, 0.1) is 0 Å². The van der Waals surface area contributed by atoms with Crippen LogP contribution < -0.4 is 5.32 Å². The third-order valence-corrected chi connectivity index (χ3v) is 2.97. The Morgan fingerprint density at radius 2 is 1.71 bits per heavy atom. The van der Waals surface area contributed by atoms with Gasteiger partial charge in [0.05, 0.1) is 6.42 Å². The van der Waals surface area contributed by atoms with E-state index in [-0.39, 0.29) is 31.4 Å². The fourth-order valence-electron chi connectivity index (χ4n) is 1.86. The van der Waals surface area contributed by atoms with Crippen LogP contribution in [0.4, 0.5) is 4.79 Å². The Balaban J connectivity index is 5.09. The summed E-state index contributed by atoms with van der Waals surface area (Å²) in [4.78, 5) is 37.9. The van der Waals surface area contributed by atoms with Crippen molar-refractivity contribution in [3.8, 4) is 0 Å². The molecular formula is C14H27N3O4. The molecule has 0 spiro atoms. The summed E-state index contributed by atoms with van der Waals surface area (Å²) in [6.07, 6.45) is 0.600. The van der Waals surface area contributed by atoms with Crippen LogP contribution in [-0.4, -0.2) is 65.0 Å². The van der Waals surface area contributed by atoms with Crippen molar-refractivity contribution in [1.82, 2.24) is 15.1 Å². The van der Waals surface area contributed by atoms with Crippen LogP contribution in [0.2, 0.25) is 0 Å². The average molecular weight is 301 g/mol. The van der Waals surface area contributed by atoms with Crippen LogP contribution in [0.1, 0.15) is 40.5 Å². The maximum Gasteiger partial charge on any atom is 0.320 e. The van der Waals surface area contributed by atoms with Crippen LogP contribution in [0.3, 0.4) is 0 Å². The number of aliphatic carboxylic acids is 1. The molecule has 122 valence electrons. The maximum absolute atomic E-state index is 12.6. The molecule has 0 heterocycles. The van der Waals surface area contributed by atoms with Crippen molar-refractivity contribution in [1.29, 1.82) is 0 Å². The number of carbonyl (C=O) groups excluding carboxylic acids is 2. The summed E-state index contributed by atoms with van der Waals surface area (Å²) in [5.74, 6) is -1.20. The zero-order valence-corrected chi connectivity index (χ0v) is 13.6. The van der Waals surface area contributed by atoms with Gasteiger partial charge in [-0.05, 0) is 27.2 Å². The normalized spacial score (nSPS) is 10.9. The lowest BCUT2D eigenvalue weighted by Crippen LogP contribution is -2.54. The third-order valence-electron chi connectivity index (χ3n) is 2.97. The zero-order chi connectivity index (χ0) is 16.6. The van der Waals surface area contributed by atoms with E-state index in [1.807, 2.05) is 27.7 Å². The molecule has 0 aliphatic carbocycles. The predicted molar refractivity (Wildman–Crippen MR) is 80.0 cm³/mol. The molecule has 0 atom stereocenters. The largest absolute Gasteiger partial charge is 0.481 e. The van der Waals surface area contributed by atoms with Crippen molar-refractivity contribution in [3.63, 3.8) is 0 Å². The lowest BCUT2D eigenvalue weighted by atomic mass is 10.1. The van der Waals surface area contributed by atoms with Crippen molar-refractivity contribution in [2.24, 2.45) is 0 Å². The third kappa shape index (κ3) is 6.97. The monoisotopic (exact) mass is 301 g/mol. The van der Waals surface area contributed by atoms with Gasteiger partial charge < -0.3 is 20.2 Å². The van der Waals surface area contributed by atoms with E-state index < -0.39 is 11.5 Å².